The van der Waals surface area contributed by atoms with Gasteiger partial charge in [-0.3, -0.25) is 14.5 Å². The molecule has 0 radical (unpaired) electrons. The summed E-state index contributed by atoms with van der Waals surface area (Å²) in [5.41, 5.74) is 0.210. The van der Waals surface area contributed by atoms with E-state index in [0.29, 0.717) is 24.0 Å². The fourth-order valence-electron chi connectivity index (χ4n) is 2.24. The zero-order chi connectivity index (χ0) is 12.2. The summed E-state index contributed by atoms with van der Waals surface area (Å²) in [5, 5.41) is 9.33. The number of amides is 2. The molecule has 3 rings (SSSR count). The number of hydrogen-bond acceptors (Lipinski definition) is 3. The Morgan fingerprint density at radius 2 is 1.88 bits per heavy atom. The van der Waals surface area contributed by atoms with Gasteiger partial charge in [0.05, 0.1) is 23.3 Å². The number of imide groups is 1. The van der Waals surface area contributed by atoms with Gasteiger partial charge in [-0.05, 0) is 31.0 Å². The van der Waals surface area contributed by atoms with Gasteiger partial charge in [0.15, 0.2) is 0 Å². The Morgan fingerprint density at radius 3 is 2.47 bits per heavy atom. The molecule has 1 aromatic carbocycles. The molecule has 1 aliphatic heterocycles. The molecule has 0 aromatic heterocycles. The van der Waals surface area contributed by atoms with E-state index in [-0.39, 0.29) is 18.4 Å². The molecule has 0 saturated heterocycles. The number of aliphatic hydroxyl groups is 1. The molecule has 0 atom stereocenters. The van der Waals surface area contributed by atoms with E-state index in [0.717, 1.165) is 4.47 Å². The second kappa shape index (κ2) is 3.40. The first-order valence-electron chi connectivity index (χ1n) is 5.38. The molecule has 4 nitrogen and oxygen atoms in total. The number of fused-ring (bicyclic) bond motifs is 1. The van der Waals surface area contributed by atoms with Crippen LogP contribution in [-0.4, -0.2) is 34.0 Å². The Balaban J connectivity index is 2.09. The first-order valence-corrected chi connectivity index (χ1v) is 6.18. The zero-order valence-electron chi connectivity index (χ0n) is 8.94. The van der Waals surface area contributed by atoms with Crippen LogP contribution in [0.2, 0.25) is 0 Å². The minimum atomic E-state index is -0.639. The van der Waals surface area contributed by atoms with Crippen molar-refractivity contribution < 1.29 is 14.7 Å². The van der Waals surface area contributed by atoms with Crippen molar-refractivity contribution in [3.05, 3.63) is 33.8 Å². The molecule has 1 saturated carbocycles. The average molecular weight is 296 g/mol. The predicted molar refractivity (Wildman–Crippen MR) is 63.7 cm³/mol. The number of benzene rings is 1. The number of aliphatic hydroxyl groups excluding tert-OH is 1. The van der Waals surface area contributed by atoms with Crippen molar-refractivity contribution in [2.45, 2.75) is 18.4 Å². The van der Waals surface area contributed by atoms with Crippen LogP contribution in [0.3, 0.4) is 0 Å². The van der Waals surface area contributed by atoms with Crippen molar-refractivity contribution >= 4 is 27.7 Å². The van der Waals surface area contributed by atoms with Gasteiger partial charge in [-0.1, -0.05) is 15.9 Å². The average Bonchev–Trinajstić information content (AvgIpc) is 3.05. The summed E-state index contributed by atoms with van der Waals surface area (Å²) in [6, 6.07) is 5.04. The Hall–Kier alpha value is -1.20. The van der Waals surface area contributed by atoms with Gasteiger partial charge >= 0.3 is 0 Å². The largest absolute Gasteiger partial charge is 0.394 e. The maximum absolute atomic E-state index is 12.2. The summed E-state index contributed by atoms with van der Waals surface area (Å²) < 4.78 is 0.771. The standard InChI is InChI=1S/C12H10BrNO3/c13-7-1-2-8-9(5-7)11(17)14(10(8)16)12(6-15)3-4-12/h1-2,5,15H,3-4,6H2. The molecular formula is C12H10BrNO3. The first kappa shape index (κ1) is 10.9. The van der Waals surface area contributed by atoms with Crippen LogP contribution in [0.25, 0.3) is 0 Å². The third-order valence-corrected chi connectivity index (χ3v) is 3.94. The van der Waals surface area contributed by atoms with E-state index in [4.69, 9.17) is 0 Å². The van der Waals surface area contributed by atoms with Gasteiger partial charge < -0.3 is 5.11 Å². The molecular weight excluding hydrogens is 286 g/mol. The third-order valence-electron chi connectivity index (χ3n) is 3.44. The predicted octanol–water partition coefficient (Wildman–Crippen LogP) is 1.57. The van der Waals surface area contributed by atoms with Crippen LogP contribution in [0, 0.1) is 0 Å². The van der Waals surface area contributed by atoms with Crippen LogP contribution in [0.5, 0.6) is 0 Å². The maximum Gasteiger partial charge on any atom is 0.262 e. The fraction of sp³-hybridized carbons (Fsp3) is 0.333. The van der Waals surface area contributed by atoms with Gasteiger partial charge in [0.1, 0.15) is 0 Å². The number of carbonyl (C=O) groups is 2. The van der Waals surface area contributed by atoms with Crippen LogP contribution in [0.4, 0.5) is 0 Å². The Labute approximate surface area is 106 Å². The topological polar surface area (TPSA) is 57.6 Å². The quantitative estimate of drug-likeness (QED) is 0.843. The van der Waals surface area contributed by atoms with Gasteiger partial charge in [-0.2, -0.15) is 0 Å². The summed E-state index contributed by atoms with van der Waals surface area (Å²) in [5.74, 6) is -0.582. The lowest BCUT2D eigenvalue weighted by Crippen LogP contribution is -2.44. The van der Waals surface area contributed by atoms with Crippen LogP contribution in [0.1, 0.15) is 33.6 Å². The van der Waals surface area contributed by atoms with E-state index in [1.165, 1.54) is 4.90 Å². The summed E-state index contributed by atoms with van der Waals surface area (Å²) in [7, 11) is 0. The molecule has 1 aliphatic carbocycles. The Kier molecular flexibility index (Phi) is 2.18. The van der Waals surface area contributed by atoms with Crippen molar-refractivity contribution in [1.82, 2.24) is 4.90 Å². The van der Waals surface area contributed by atoms with E-state index >= 15 is 0 Å². The lowest BCUT2D eigenvalue weighted by molar-refractivity contribution is 0.0478. The van der Waals surface area contributed by atoms with Gasteiger partial charge in [0.25, 0.3) is 11.8 Å². The molecule has 0 spiro atoms. The van der Waals surface area contributed by atoms with Crippen LogP contribution in [0.15, 0.2) is 22.7 Å². The van der Waals surface area contributed by atoms with Crippen LogP contribution < -0.4 is 0 Å². The second-order valence-corrected chi connectivity index (χ2v) is 5.43. The van der Waals surface area contributed by atoms with Gasteiger partial charge in [-0.15, -0.1) is 0 Å². The summed E-state index contributed by atoms with van der Waals surface area (Å²) in [4.78, 5) is 25.5. The third kappa shape index (κ3) is 1.39. The number of carbonyl (C=O) groups excluding carboxylic acids is 2. The van der Waals surface area contributed by atoms with Crippen LogP contribution >= 0.6 is 15.9 Å². The molecule has 5 heteroatoms. The highest BCUT2D eigenvalue weighted by Gasteiger charge is 2.56. The monoisotopic (exact) mass is 295 g/mol. The van der Waals surface area contributed by atoms with Gasteiger partial charge in [0, 0.05) is 4.47 Å². The van der Waals surface area contributed by atoms with Gasteiger partial charge in [0.2, 0.25) is 0 Å². The van der Waals surface area contributed by atoms with E-state index < -0.39 is 5.54 Å². The normalized spacial score (nSPS) is 20.7. The van der Waals surface area contributed by atoms with E-state index in [2.05, 4.69) is 15.9 Å². The smallest absolute Gasteiger partial charge is 0.262 e. The minimum absolute atomic E-state index is 0.153. The highest BCUT2D eigenvalue weighted by atomic mass is 79.9. The van der Waals surface area contributed by atoms with Crippen molar-refractivity contribution in [3.8, 4) is 0 Å². The van der Waals surface area contributed by atoms with Crippen molar-refractivity contribution in [3.63, 3.8) is 0 Å². The second-order valence-electron chi connectivity index (χ2n) is 4.52. The lowest BCUT2D eigenvalue weighted by atomic mass is 10.1. The minimum Gasteiger partial charge on any atom is -0.394 e. The molecule has 1 heterocycles. The number of halogens is 1. The van der Waals surface area contributed by atoms with Gasteiger partial charge in [-0.25, -0.2) is 0 Å². The molecule has 2 aliphatic rings. The SMILES string of the molecule is O=C1c2ccc(Br)cc2C(=O)N1C1(CO)CC1. The van der Waals surface area contributed by atoms with Crippen molar-refractivity contribution in [1.29, 1.82) is 0 Å². The zero-order valence-corrected chi connectivity index (χ0v) is 10.5. The molecule has 0 bridgehead atoms. The molecule has 1 N–H and O–H groups in total. The number of rotatable bonds is 2. The van der Waals surface area contributed by atoms with Crippen molar-refractivity contribution in [2.24, 2.45) is 0 Å². The molecule has 88 valence electrons. The lowest BCUT2D eigenvalue weighted by Gasteiger charge is -2.23. The Morgan fingerprint density at radius 1 is 1.24 bits per heavy atom. The molecule has 2 amide bonds. The molecule has 0 unspecified atom stereocenters. The highest BCUT2D eigenvalue weighted by Crippen LogP contribution is 2.45. The number of nitrogens with zero attached hydrogens (tertiary/aromatic N) is 1. The molecule has 17 heavy (non-hydrogen) atoms. The fourth-order valence-corrected chi connectivity index (χ4v) is 2.60. The summed E-state index contributed by atoms with van der Waals surface area (Å²) in [6.45, 7) is -0.153. The van der Waals surface area contributed by atoms with E-state index in [1.54, 1.807) is 18.2 Å². The van der Waals surface area contributed by atoms with E-state index in [9.17, 15) is 14.7 Å². The molecule has 1 fully saturated rings. The van der Waals surface area contributed by atoms with Crippen molar-refractivity contribution in [2.75, 3.05) is 6.61 Å². The summed E-state index contributed by atoms with van der Waals surface area (Å²) in [6.07, 6.45) is 1.38. The maximum atomic E-state index is 12.2. The van der Waals surface area contributed by atoms with Crippen LogP contribution in [-0.2, 0) is 0 Å². The summed E-state index contributed by atoms with van der Waals surface area (Å²) >= 11 is 3.28. The highest BCUT2D eigenvalue weighted by molar-refractivity contribution is 9.10. The Bertz CT molecular complexity index is 537. The molecule has 1 aromatic rings. The first-order chi connectivity index (χ1) is 8.09. The van der Waals surface area contributed by atoms with E-state index in [1.807, 2.05) is 0 Å². The number of hydrogen-bond donors (Lipinski definition) is 1.